The van der Waals surface area contributed by atoms with Gasteiger partial charge >= 0.3 is 0 Å². The van der Waals surface area contributed by atoms with Crippen molar-refractivity contribution in [1.82, 2.24) is 19.3 Å². The van der Waals surface area contributed by atoms with Gasteiger partial charge in [-0.2, -0.15) is 5.10 Å². The zero-order valence-corrected chi connectivity index (χ0v) is 14.0. The fraction of sp³-hybridized carbons (Fsp3) is 0.750. The first-order valence-electron chi connectivity index (χ1n) is 8.11. The van der Waals surface area contributed by atoms with E-state index in [2.05, 4.69) is 9.67 Å². The summed E-state index contributed by atoms with van der Waals surface area (Å²) in [6, 6.07) is 0. The Morgan fingerprint density at radius 2 is 2.05 bits per heavy atom. The smallest absolute Gasteiger partial charge is 0.158 e. The van der Waals surface area contributed by atoms with E-state index >= 15 is 0 Å². The molecule has 3 rings (SSSR count). The molecule has 1 atom stereocenters. The molecule has 0 spiro atoms. The van der Waals surface area contributed by atoms with Crippen LogP contribution in [0.25, 0.3) is 11.2 Å². The summed E-state index contributed by atoms with van der Waals surface area (Å²) < 4.78 is 4.22. The lowest BCUT2D eigenvalue weighted by Crippen LogP contribution is -2.09. The Hall–Kier alpha value is -1.03. The fourth-order valence-electron chi connectivity index (χ4n) is 3.71. The Kier molecular flexibility index (Phi) is 4.25. The van der Waals surface area contributed by atoms with E-state index in [-0.39, 0.29) is 5.38 Å². The summed E-state index contributed by atoms with van der Waals surface area (Å²) in [5.74, 6) is 1.92. The van der Waals surface area contributed by atoms with Gasteiger partial charge in [-0.05, 0) is 32.6 Å². The Bertz CT molecular complexity index is 620. The SMILES string of the molecule is Cc1nn(C)c2c1nc(C(C)Cl)n2CCCC1CCCC1. The van der Waals surface area contributed by atoms with Gasteiger partial charge in [-0.15, -0.1) is 11.6 Å². The third-order valence-electron chi connectivity index (χ3n) is 4.74. The largest absolute Gasteiger partial charge is 0.312 e. The molecule has 0 aliphatic heterocycles. The molecule has 1 aliphatic carbocycles. The number of hydrogen-bond acceptors (Lipinski definition) is 2. The predicted molar refractivity (Wildman–Crippen MR) is 86.7 cm³/mol. The maximum absolute atomic E-state index is 6.33. The minimum atomic E-state index is -0.0664. The normalized spacial score (nSPS) is 17.9. The van der Waals surface area contributed by atoms with Crippen LogP contribution >= 0.6 is 11.6 Å². The molecule has 0 radical (unpaired) electrons. The van der Waals surface area contributed by atoms with Crippen LogP contribution in [0.15, 0.2) is 0 Å². The maximum Gasteiger partial charge on any atom is 0.158 e. The lowest BCUT2D eigenvalue weighted by atomic mass is 10.0. The summed E-state index contributed by atoms with van der Waals surface area (Å²) in [6.07, 6.45) is 8.21. The van der Waals surface area contributed by atoms with E-state index in [1.807, 2.05) is 25.6 Å². The van der Waals surface area contributed by atoms with E-state index in [1.165, 1.54) is 38.5 Å². The number of halogens is 1. The highest BCUT2D eigenvalue weighted by molar-refractivity contribution is 6.20. The van der Waals surface area contributed by atoms with Gasteiger partial charge < -0.3 is 4.57 Å². The highest BCUT2D eigenvalue weighted by atomic mass is 35.5. The molecule has 0 amide bonds. The zero-order chi connectivity index (χ0) is 15.0. The molecule has 0 saturated heterocycles. The van der Waals surface area contributed by atoms with Crippen LogP contribution in [0.3, 0.4) is 0 Å². The van der Waals surface area contributed by atoms with Crippen LogP contribution < -0.4 is 0 Å². The van der Waals surface area contributed by atoms with Crippen molar-refractivity contribution in [1.29, 1.82) is 0 Å². The predicted octanol–water partition coefficient (Wildman–Crippen LogP) is 4.35. The minimum absolute atomic E-state index is 0.0664. The van der Waals surface area contributed by atoms with E-state index < -0.39 is 0 Å². The van der Waals surface area contributed by atoms with Crippen LogP contribution in [0.4, 0.5) is 0 Å². The molecule has 1 aliphatic rings. The molecule has 1 fully saturated rings. The Morgan fingerprint density at radius 1 is 1.33 bits per heavy atom. The van der Waals surface area contributed by atoms with Gasteiger partial charge in [-0.25, -0.2) is 4.98 Å². The summed E-state index contributed by atoms with van der Waals surface area (Å²) in [4.78, 5) is 4.73. The van der Waals surface area contributed by atoms with Gasteiger partial charge in [-0.1, -0.05) is 25.7 Å². The lowest BCUT2D eigenvalue weighted by Gasteiger charge is -2.13. The van der Waals surface area contributed by atoms with Crippen molar-refractivity contribution in [3.05, 3.63) is 11.5 Å². The van der Waals surface area contributed by atoms with Gasteiger partial charge in [0.2, 0.25) is 0 Å². The fourth-order valence-corrected chi connectivity index (χ4v) is 3.88. The Balaban J connectivity index is 1.82. The standard InChI is InChI=1S/C16H25ClN4/c1-11(17)15-18-14-12(2)19-20(3)16(14)21(15)10-6-9-13-7-4-5-8-13/h11,13H,4-10H2,1-3H3. The highest BCUT2D eigenvalue weighted by Gasteiger charge is 2.20. The second-order valence-electron chi connectivity index (χ2n) is 6.41. The monoisotopic (exact) mass is 308 g/mol. The molecule has 0 bridgehead atoms. The molecule has 116 valence electrons. The minimum Gasteiger partial charge on any atom is -0.312 e. The van der Waals surface area contributed by atoms with Crippen LogP contribution in [-0.4, -0.2) is 19.3 Å². The van der Waals surface area contributed by atoms with Crippen LogP contribution in [0.2, 0.25) is 0 Å². The van der Waals surface area contributed by atoms with E-state index in [0.717, 1.165) is 35.1 Å². The third-order valence-corrected chi connectivity index (χ3v) is 4.94. The molecule has 2 heterocycles. The first-order valence-corrected chi connectivity index (χ1v) is 8.55. The number of aromatic nitrogens is 4. The number of fused-ring (bicyclic) bond motifs is 1. The summed E-state index contributed by atoms with van der Waals surface area (Å²) in [5.41, 5.74) is 3.10. The van der Waals surface area contributed by atoms with Crippen molar-refractivity contribution in [3.63, 3.8) is 0 Å². The van der Waals surface area contributed by atoms with Crippen molar-refractivity contribution >= 4 is 22.8 Å². The summed E-state index contributed by atoms with van der Waals surface area (Å²) in [5, 5.41) is 4.42. The number of nitrogens with zero attached hydrogens (tertiary/aromatic N) is 4. The number of rotatable bonds is 5. The van der Waals surface area contributed by atoms with Crippen LogP contribution in [0.5, 0.6) is 0 Å². The number of imidazole rings is 1. The summed E-state index contributed by atoms with van der Waals surface area (Å²) in [6.45, 7) is 5.01. The molecule has 21 heavy (non-hydrogen) atoms. The average molecular weight is 309 g/mol. The molecule has 2 aromatic rings. The Morgan fingerprint density at radius 3 is 2.71 bits per heavy atom. The molecule has 1 unspecified atom stereocenters. The lowest BCUT2D eigenvalue weighted by molar-refractivity contribution is 0.455. The summed E-state index contributed by atoms with van der Waals surface area (Å²) >= 11 is 6.33. The average Bonchev–Trinajstić information content (AvgIpc) is 3.10. The molecular formula is C16H25ClN4. The number of hydrogen-bond donors (Lipinski definition) is 0. The maximum atomic E-state index is 6.33. The molecule has 2 aromatic heterocycles. The zero-order valence-electron chi connectivity index (χ0n) is 13.3. The number of alkyl halides is 1. The van der Waals surface area contributed by atoms with Crippen LogP contribution in [0, 0.1) is 12.8 Å². The van der Waals surface area contributed by atoms with Crippen molar-refractivity contribution in [3.8, 4) is 0 Å². The quantitative estimate of drug-likeness (QED) is 0.770. The molecule has 4 nitrogen and oxygen atoms in total. The van der Waals surface area contributed by atoms with E-state index in [9.17, 15) is 0 Å². The second kappa shape index (κ2) is 5.99. The summed E-state index contributed by atoms with van der Waals surface area (Å²) in [7, 11) is 1.99. The molecular weight excluding hydrogens is 284 g/mol. The van der Waals surface area contributed by atoms with Crippen molar-refractivity contribution in [2.45, 2.75) is 64.3 Å². The van der Waals surface area contributed by atoms with Gasteiger partial charge in [0.15, 0.2) is 5.65 Å². The Labute approximate surface area is 131 Å². The molecule has 1 saturated carbocycles. The second-order valence-corrected chi connectivity index (χ2v) is 7.07. The van der Waals surface area contributed by atoms with E-state index in [4.69, 9.17) is 16.6 Å². The van der Waals surface area contributed by atoms with Crippen LogP contribution in [-0.2, 0) is 13.6 Å². The third kappa shape index (κ3) is 2.83. The molecule has 0 N–H and O–H groups in total. The van der Waals surface area contributed by atoms with Gasteiger partial charge in [0.05, 0.1) is 11.1 Å². The van der Waals surface area contributed by atoms with Crippen molar-refractivity contribution in [2.24, 2.45) is 13.0 Å². The van der Waals surface area contributed by atoms with Crippen molar-refractivity contribution < 1.29 is 0 Å². The van der Waals surface area contributed by atoms with E-state index in [0.29, 0.717) is 0 Å². The molecule has 0 aromatic carbocycles. The van der Waals surface area contributed by atoms with Crippen molar-refractivity contribution in [2.75, 3.05) is 0 Å². The van der Waals surface area contributed by atoms with Crippen LogP contribution in [0.1, 0.15) is 62.3 Å². The van der Waals surface area contributed by atoms with E-state index in [1.54, 1.807) is 0 Å². The molecule has 5 heteroatoms. The first kappa shape index (κ1) is 14.9. The highest BCUT2D eigenvalue weighted by Crippen LogP contribution is 2.30. The van der Waals surface area contributed by atoms with Gasteiger partial charge in [0.1, 0.15) is 11.3 Å². The number of aryl methyl sites for hydroxylation is 3. The van der Waals surface area contributed by atoms with Gasteiger partial charge in [0, 0.05) is 13.6 Å². The van der Waals surface area contributed by atoms with Gasteiger partial charge in [0.25, 0.3) is 0 Å². The first-order chi connectivity index (χ1) is 10.1. The topological polar surface area (TPSA) is 35.6 Å². The van der Waals surface area contributed by atoms with Gasteiger partial charge in [-0.3, -0.25) is 4.68 Å².